The van der Waals surface area contributed by atoms with E-state index >= 15 is 0 Å². The van der Waals surface area contributed by atoms with E-state index in [4.69, 9.17) is 19.7 Å². The fourth-order valence-corrected chi connectivity index (χ4v) is 2.69. The first-order chi connectivity index (χ1) is 10.7. The molecule has 2 aromatic rings. The first-order valence-electron chi connectivity index (χ1n) is 7.67. The molecule has 1 heterocycles. The van der Waals surface area contributed by atoms with E-state index in [0.717, 1.165) is 37.2 Å². The van der Waals surface area contributed by atoms with E-state index < -0.39 is 5.54 Å². The fraction of sp³-hybridized carbons (Fsp3) is 0.500. The zero-order valence-electron chi connectivity index (χ0n) is 13.2. The average Bonchev–Trinajstić information content (AvgIpc) is 3.17. The third kappa shape index (κ3) is 4.14. The van der Waals surface area contributed by atoms with E-state index in [2.05, 4.69) is 10.1 Å². The minimum absolute atomic E-state index is 0. The Morgan fingerprint density at radius 2 is 1.74 bits per heavy atom. The number of halogens is 1. The largest absolute Gasteiger partial charge is 0.494 e. The summed E-state index contributed by atoms with van der Waals surface area (Å²) in [6, 6.07) is 7.43. The monoisotopic (exact) mass is 339 g/mol. The number of benzene rings is 1. The van der Waals surface area contributed by atoms with Gasteiger partial charge in [-0.3, -0.25) is 0 Å². The smallest absolute Gasteiger partial charge is 0.264 e. The van der Waals surface area contributed by atoms with Crippen LogP contribution >= 0.6 is 12.4 Å². The van der Waals surface area contributed by atoms with Gasteiger partial charge in [-0.25, -0.2) is 0 Å². The summed E-state index contributed by atoms with van der Waals surface area (Å²) in [5, 5.41) is 4.01. The molecule has 23 heavy (non-hydrogen) atoms. The van der Waals surface area contributed by atoms with Crippen LogP contribution in [0.2, 0.25) is 0 Å². The molecular formula is C16H22ClN3O3. The van der Waals surface area contributed by atoms with E-state index in [1.807, 2.05) is 31.2 Å². The summed E-state index contributed by atoms with van der Waals surface area (Å²) in [5.74, 6) is 2.59. The van der Waals surface area contributed by atoms with Crippen LogP contribution in [0.4, 0.5) is 0 Å². The maximum atomic E-state index is 6.31. The molecule has 1 aliphatic rings. The van der Waals surface area contributed by atoms with Gasteiger partial charge in [0.25, 0.3) is 5.89 Å². The molecule has 0 unspecified atom stereocenters. The normalized spacial score (nSPS) is 15.9. The molecule has 126 valence electrons. The lowest BCUT2D eigenvalue weighted by Gasteiger charge is -2.17. The van der Waals surface area contributed by atoms with Gasteiger partial charge in [-0.1, -0.05) is 18.0 Å². The first-order valence-corrected chi connectivity index (χ1v) is 7.67. The van der Waals surface area contributed by atoms with Crippen LogP contribution in [-0.2, 0) is 12.1 Å². The first kappa shape index (κ1) is 17.6. The zero-order valence-corrected chi connectivity index (χ0v) is 14.0. The van der Waals surface area contributed by atoms with Gasteiger partial charge in [0.05, 0.1) is 12.1 Å². The molecule has 0 aliphatic heterocycles. The Bertz CT molecular complexity index is 609. The van der Waals surface area contributed by atoms with Crippen LogP contribution in [-0.4, -0.2) is 16.7 Å². The second-order valence-electron chi connectivity index (χ2n) is 5.57. The van der Waals surface area contributed by atoms with Crippen LogP contribution < -0.4 is 15.2 Å². The minimum Gasteiger partial charge on any atom is -0.494 e. The van der Waals surface area contributed by atoms with Crippen LogP contribution in [0.1, 0.15) is 44.3 Å². The summed E-state index contributed by atoms with van der Waals surface area (Å²) < 4.78 is 16.3. The van der Waals surface area contributed by atoms with Gasteiger partial charge in [0.2, 0.25) is 0 Å². The highest BCUT2D eigenvalue weighted by Gasteiger charge is 2.35. The van der Waals surface area contributed by atoms with E-state index in [0.29, 0.717) is 18.3 Å². The second kappa shape index (κ2) is 7.66. The SMILES string of the molecule is CCOc1ccc(OCc2nc(C3(N)CCCC3)no2)cc1.Cl. The molecule has 1 fully saturated rings. The highest BCUT2D eigenvalue weighted by atomic mass is 35.5. The van der Waals surface area contributed by atoms with Crippen molar-refractivity contribution in [1.82, 2.24) is 10.1 Å². The molecule has 1 aromatic carbocycles. The predicted octanol–water partition coefficient (Wildman–Crippen LogP) is 3.20. The average molecular weight is 340 g/mol. The maximum Gasteiger partial charge on any atom is 0.264 e. The number of nitrogens with two attached hydrogens (primary N) is 1. The summed E-state index contributed by atoms with van der Waals surface area (Å²) in [6.07, 6.45) is 4.05. The quantitative estimate of drug-likeness (QED) is 0.870. The van der Waals surface area contributed by atoms with Crippen LogP contribution in [0, 0.1) is 0 Å². The Morgan fingerprint density at radius 3 is 2.35 bits per heavy atom. The van der Waals surface area contributed by atoms with Gasteiger partial charge in [-0.05, 0) is 44.0 Å². The molecule has 1 saturated carbocycles. The summed E-state index contributed by atoms with van der Waals surface area (Å²) in [4.78, 5) is 4.37. The van der Waals surface area contributed by atoms with Gasteiger partial charge in [0.1, 0.15) is 11.5 Å². The van der Waals surface area contributed by atoms with Gasteiger partial charge >= 0.3 is 0 Å². The Balaban J connectivity index is 0.00000192. The lowest BCUT2D eigenvalue weighted by atomic mass is 9.99. The Kier molecular flexibility index (Phi) is 5.85. The molecule has 3 rings (SSSR count). The summed E-state index contributed by atoms with van der Waals surface area (Å²) in [6.45, 7) is 2.83. The summed E-state index contributed by atoms with van der Waals surface area (Å²) in [5.41, 5.74) is 5.88. The van der Waals surface area contributed by atoms with Gasteiger partial charge < -0.3 is 19.7 Å². The number of hydrogen-bond acceptors (Lipinski definition) is 6. The van der Waals surface area contributed by atoms with Crippen LogP contribution in [0.3, 0.4) is 0 Å². The molecule has 0 radical (unpaired) electrons. The van der Waals surface area contributed by atoms with E-state index in [9.17, 15) is 0 Å². The maximum absolute atomic E-state index is 6.31. The molecule has 1 aliphatic carbocycles. The topological polar surface area (TPSA) is 83.4 Å². The summed E-state index contributed by atoms with van der Waals surface area (Å²) in [7, 11) is 0. The van der Waals surface area contributed by atoms with Crippen molar-refractivity contribution in [2.75, 3.05) is 6.61 Å². The molecule has 6 nitrogen and oxygen atoms in total. The van der Waals surface area contributed by atoms with Crippen molar-refractivity contribution in [3.63, 3.8) is 0 Å². The second-order valence-corrected chi connectivity index (χ2v) is 5.57. The molecule has 2 N–H and O–H groups in total. The Morgan fingerprint density at radius 1 is 1.13 bits per heavy atom. The third-order valence-electron chi connectivity index (χ3n) is 3.91. The van der Waals surface area contributed by atoms with Crippen molar-refractivity contribution in [3.05, 3.63) is 36.0 Å². The minimum atomic E-state index is -0.430. The highest BCUT2D eigenvalue weighted by molar-refractivity contribution is 5.85. The number of hydrogen-bond donors (Lipinski definition) is 1. The molecule has 0 atom stereocenters. The molecule has 7 heteroatoms. The lowest BCUT2D eigenvalue weighted by Crippen LogP contribution is -2.34. The Labute approximate surface area is 141 Å². The third-order valence-corrected chi connectivity index (χ3v) is 3.91. The fourth-order valence-electron chi connectivity index (χ4n) is 2.69. The van der Waals surface area contributed by atoms with Gasteiger partial charge in [0, 0.05) is 0 Å². The number of aromatic nitrogens is 2. The van der Waals surface area contributed by atoms with Crippen molar-refractivity contribution in [1.29, 1.82) is 0 Å². The van der Waals surface area contributed by atoms with E-state index in [1.54, 1.807) is 0 Å². The molecule has 0 saturated heterocycles. The number of rotatable bonds is 6. The van der Waals surface area contributed by atoms with E-state index in [-0.39, 0.29) is 19.0 Å². The van der Waals surface area contributed by atoms with Gasteiger partial charge in [0.15, 0.2) is 12.4 Å². The standard InChI is InChI=1S/C16H21N3O3.ClH/c1-2-20-12-5-7-13(8-6-12)21-11-14-18-15(19-22-14)16(17)9-3-4-10-16;/h5-8H,2-4,9-11,17H2,1H3;1H. The lowest BCUT2D eigenvalue weighted by molar-refractivity contribution is 0.241. The van der Waals surface area contributed by atoms with E-state index in [1.165, 1.54) is 0 Å². The van der Waals surface area contributed by atoms with Crippen molar-refractivity contribution in [2.45, 2.75) is 44.8 Å². The van der Waals surface area contributed by atoms with Crippen molar-refractivity contribution in [2.24, 2.45) is 5.73 Å². The molecule has 1 aromatic heterocycles. The number of nitrogens with zero attached hydrogens (tertiary/aromatic N) is 2. The zero-order chi connectivity index (χ0) is 15.4. The molecular weight excluding hydrogens is 318 g/mol. The molecule has 0 amide bonds. The van der Waals surface area contributed by atoms with Gasteiger partial charge in [-0.15, -0.1) is 12.4 Å². The van der Waals surface area contributed by atoms with Crippen LogP contribution in [0.25, 0.3) is 0 Å². The van der Waals surface area contributed by atoms with Gasteiger partial charge in [-0.2, -0.15) is 4.98 Å². The van der Waals surface area contributed by atoms with Crippen LogP contribution in [0.15, 0.2) is 28.8 Å². The molecule has 0 spiro atoms. The predicted molar refractivity (Wildman–Crippen MR) is 87.8 cm³/mol. The van der Waals surface area contributed by atoms with Crippen molar-refractivity contribution >= 4 is 12.4 Å². The Hall–Kier alpha value is -1.79. The van der Waals surface area contributed by atoms with Crippen molar-refractivity contribution < 1.29 is 14.0 Å². The number of ether oxygens (including phenoxy) is 2. The molecule has 0 bridgehead atoms. The van der Waals surface area contributed by atoms with Crippen LogP contribution in [0.5, 0.6) is 11.5 Å². The highest BCUT2D eigenvalue weighted by Crippen LogP contribution is 2.34. The van der Waals surface area contributed by atoms with Crippen molar-refractivity contribution in [3.8, 4) is 11.5 Å². The summed E-state index contributed by atoms with van der Waals surface area (Å²) >= 11 is 0.